The van der Waals surface area contributed by atoms with Crippen molar-refractivity contribution in [1.29, 1.82) is 0 Å². The molecule has 0 bridgehead atoms. The summed E-state index contributed by atoms with van der Waals surface area (Å²) in [6.45, 7) is 6.56. The molecule has 192 valence electrons. The number of aliphatic hydroxyl groups excluding tert-OH is 2. The van der Waals surface area contributed by atoms with Gasteiger partial charge in [0.15, 0.2) is 0 Å². The predicted molar refractivity (Wildman–Crippen MR) is 125 cm³/mol. The van der Waals surface area contributed by atoms with E-state index in [0.29, 0.717) is 25.2 Å². The summed E-state index contributed by atoms with van der Waals surface area (Å²) in [5, 5.41) is 30.6. The molecular formula is C24H43NO7S. The zero-order valence-corrected chi connectivity index (χ0v) is 21.0. The van der Waals surface area contributed by atoms with Gasteiger partial charge in [0.25, 0.3) is 0 Å². The number of nitrogens with one attached hydrogen (secondary N) is 1. The molecule has 0 aromatic heterocycles. The first-order valence-electron chi connectivity index (χ1n) is 12.7. The van der Waals surface area contributed by atoms with E-state index >= 15 is 0 Å². The number of carboxylic acid groups (broad SMARTS) is 1. The number of aliphatic hydroxyl groups is 2. The molecule has 0 spiro atoms. The Morgan fingerprint density at radius 1 is 1.09 bits per heavy atom. The van der Waals surface area contributed by atoms with Gasteiger partial charge in [-0.15, -0.1) is 0 Å². The van der Waals surface area contributed by atoms with Crippen LogP contribution >= 0.6 is 0 Å². The molecule has 0 amide bonds. The Morgan fingerprint density at radius 3 is 2.39 bits per heavy atom. The van der Waals surface area contributed by atoms with Gasteiger partial charge in [-0.2, -0.15) is 13.1 Å². The minimum atomic E-state index is -4.52. The Balaban J connectivity index is 1.96. The molecule has 3 aliphatic carbocycles. The molecular weight excluding hydrogens is 446 g/mol. The van der Waals surface area contributed by atoms with Crippen molar-refractivity contribution in [1.82, 2.24) is 4.72 Å². The van der Waals surface area contributed by atoms with Gasteiger partial charge in [0.05, 0.1) is 18.2 Å². The van der Waals surface area contributed by atoms with Crippen LogP contribution in [-0.4, -0.2) is 52.5 Å². The largest absolute Gasteiger partial charge is 0.481 e. The summed E-state index contributed by atoms with van der Waals surface area (Å²) >= 11 is 0. The van der Waals surface area contributed by atoms with Crippen LogP contribution in [0, 0.1) is 40.9 Å². The van der Waals surface area contributed by atoms with E-state index < -0.39 is 34.5 Å². The minimum absolute atomic E-state index is 0.0681. The van der Waals surface area contributed by atoms with Gasteiger partial charge in [-0.05, 0) is 98.7 Å². The second-order valence-electron chi connectivity index (χ2n) is 11.5. The van der Waals surface area contributed by atoms with Crippen LogP contribution in [0.3, 0.4) is 0 Å². The van der Waals surface area contributed by atoms with Gasteiger partial charge in [0.1, 0.15) is 0 Å². The lowest BCUT2D eigenvalue weighted by atomic mass is 9.52. The molecule has 0 aliphatic heterocycles. The molecule has 3 aliphatic rings. The topological polar surface area (TPSA) is 144 Å². The molecule has 0 heterocycles. The van der Waals surface area contributed by atoms with Crippen LogP contribution in [-0.2, 0) is 15.1 Å². The Morgan fingerprint density at radius 2 is 1.76 bits per heavy atom. The first-order chi connectivity index (χ1) is 15.3. The van der Waals surface area contributed by atoms with Gasteiger partial charge in [-0.3, -0.25) is 9.35 Å². The number of rotatable bonds is 6. The van der Waals surface area contributed by atoms with Gasteiger partial charge in [-0.1, -0.05) is 20.8 Å². The number of fused-ring (bicyclic) bond motifs is 3. The van der Waals surface area contributed by atoms with E-state index in [1.54, 1.807) is 0 Å². The normalized spacial score (nSPS) is 43.3. The van der Waals surface area contributed by atoms with Gasteiger partial charge in [-0.25, -0.2) is 0 Å². The van der Waals surface area contributed by atoms with Crippen molar-refractivity contribution < 1.29 is 33.1 Å². The Bertz CT molecular complexity index is 790. The molecule has 5 N–H and O–H groups in total. The Labute approximate surface area is 198 Å². The maximum Gasteiger partial charge on any atom is 0.333 e. The van der Waals surface area contributed by atoms with E-state index in [9.17, 15) is 28.0 Å². The fraction of sp³-hybridized carbons (Fsp3) is 0.958. The first kappa shape index (κ1) is 26.9. The summed E-state index contributed by atoms with van der Waals surface area (Å²) in [7, 11) is -4.52. The lowest BCUT2D eigenvalue weighted by molar-refractivity contribution is -0.137. The van der Waals surface area contributed by atoms with Crippen LogP contribution in [0.1, 0.15) is 85.0 Å². The van der Waals surface area contributed by atoms with E-state index in [1.165, 1.54) is 0 Å². The van der Waals surface area contributed by atoms with Crippen molar-refractivity contribution in [2.24, 2.45) is 40.9 Å². The maximum atomic E-state index is 11.9. The van der Waals surface area contributed by atoms with Crippen molar-refractivity contribution >= 4 is 16.3 Å². The Hall–Kier alpha value is -0.740. The summed E-state index contributed by atoms with van der Waals surface area (Å²) in [5.74, 6) is 0.298. The third kappa shape index (κ3) is 6.10. The van der Waals surface area contributed by atoms with Gasteiger partial charge >= 0.3 is 16.3 Å². The third-order valence-corrected chi connectivity index (χ3v) is 10.1. The second-order valence-corrected chi connectivity index (χ2v) is 12.6. The molecule has 0 radical (unpaired) electrons. The fourth-order valence-electron chi connectivity index (χ4n) is 7.87. The molecule has 0 aromatic rings. The highest BCUT2D eigenvalue weighted by molar-refractivity contribution is 7.83. The zero-order valence-electron chi connectivity index (χ0n) is 20.2. The van der Waals surface area contributed by atoms with Gasteiger partial charge < -0.3 is 15.3 Å². The van der Waals surface area contributed by atoms with Crippen LogP contribution in [0.15, 0.2) is 0 Å². The lowest BCUT2D eigenvalue weighted by Gasteiger charge is -2.54. The van der Waals surface area contributed by atoms with E-state index in [1.807, 2.05) is 0 Å². The minimum Gasteiger partial charge on any atom is -0.481 e. The molecule has 8 nitrogen and oxygen atoms in total. The fourth-order valence-corrected chi connectivity index (χ4v) is 8.53. The number of hydrogen-bond donors (Lipinski definition) is 5. The molecule has 33 heavy (non-hydrogen) atoms. The molecule has 10 atom stereocenters. The summed E-state index contributed by atoms with van der Waals surface area (Å²) in [6, 6.07) is -0.810. The summed E-state index contributed by atoms with van der Waals surface area (Å²) in [6.07, 6.45) is 5.20. The van der Waals surface area contributed by atoms with Gasteiger partial charge in [0, 0.05) is 6.42 Å². The van der Waals surface area contributed by atoms with Crippen molar-refractivity contribution in [3.63, 3.8) is 0 Å². The molecule has 1 unspecified atom stereocenters. The number of carbonyl (C=O) groups is 1. The quantitative estimate of drug-likeness (QED) is 0.360. The van der Waals surface area contributed by atoms with Gasteiger partial charge in [0.2, 0.25) is 0 Å². The molecule has 3 fully saturated rings. The summed E-state index contributed by atoms with van der Waals surface area (Å²) in [4.78, 5) is 11.1. The van der Waals surface area contributed by atoms with Crippen molar-refractivity contribution in [3.05, 3.63) is 0 Å². The second kappa shape index (κ2) is 10.5. The summed E-state index contributed by atoms with van der Waals surface area (Å²) < 4.78 is 36.0. The standard InChI is InChI=1S/C24H43NO7S/c1-14-4-6-16(26)7-10-20(27)23(25-33(30,31)32)22-17(14)12-13-24(3)18(8-9-19(22)24)15(2)5-11-21(28)29/h14-20,22-23,25-27H,4-13H2,1-3H3,(H,28,29)(H,30,31,32)/t14-,15+,16+,17+,18+,19-,20+,22+,23?,24+/m0/s1. The van der Waals surface area contributed by atoms with Crippen LogP contribution in [0.2, 0.25) is 0 Å². The van der Waals surface area contributed by atoms with Crippen molar-refractivity contribution in [2.75, 3.05) is 0 Å². The molecule has 0 aromatic carbocycles. The molecule has 3 saturated carbocycles. The van der Waals surface area contributed by atoms with Crippen LogP contribution in [0.5, 0.6) is 0 Å². The molecule has 3 rings (SSSR count). The Kier molecular flexibility index (Phi) is 8.53. The van der Waals surface area contributed by atoms with Crippen LogP contribution in [0.4, 0.5) is 0 Å². The van der Waals surface area contributed by atoms with E-state index in [0.717, 1.165) is 32.1 Å². The maximum absolute atomic E-state index is 11.9. The highest BCUT2D eigenvalue weighted by Gasteiger charge is 2.58. The average Bonchev–Trinajstić information content (AvgIpc) is 3.07. The van der Waals surface area contributed by atoms with Crippen LogP contribution < -0.4 is 4.72 Å². The van der Waals surface area contributed by atoms with E-state index in [-0.39, 0.29) is 47.8 Å². The molecule has 0 saturated heterocycles. The van der Waals surface area contributed by atoms with Crippen molar-refractivity contribution in [3.8, 4) is 0 Å². The lowest BCUT2D eigenvalue weighted by Crippen LogP contribution is -2.57. The number of aliphatic carboxylic acids is 1. The van der Waals surface area contributed by atoms with Crippen LogP contribution in [0.25, 0.3) is 0 Å². The highest BCUT2D eigenvalue weighted by Crippen LogP contribution is 2.63. The number of carboxylic acids is 1. The molecule has 9 heteroatoms. The highest BCUT2D eigenvalue weighted by atomic mass is 32.2. The monoisotopic (exact) mass is 489 g/mol. The SMILES string of the molecule is C[C@H](CCC(=O)O)[C@H]1CC[C@H]2[C@@H]3C(NS(=O)(=O)O)[C@H](O)CC[C@H](O)CC[C@H](C)[C@H]3CC[C@]12C. The third-order valence-electron chi connectivity index (χ3n) is 9.55. The zero-order chi connectivity index (χ0) is 24.6. The predicted octanol–water partition coefficient (Wildman–Crippen LogP) is 3.24. The smallest absolute Gasteiger partial charge is 0.333 e. The summed E-state index contributed by atoms with van der Waals surface area (Å²) in [5.41, 5.74) is -0.0681. The van der Waals surface area contributed by atoms with E-state index in [2.05, 4.69) is 25.5 Å². The first-order valence-corrected chi connectivity index (χ1v) is 14.1. The number of hydrogen-bond acceptors (Lipinski definition) is 5. The average molecular weight is 490 g/mol. The van der Waals surface area contributed by atoms with E-state index in [4.69, 9.17) is 5.11 Å². The van der Waals surface area contributed by atoms with Crippen molar-refractivity contribution in [2.45, 2.75) is 103 Å².